The monoisotopic (exact) mass is 172 g/mol. The zero-order chi connectivity index (χ0) is 8.27. The van der Waals surface area contributed by atoms with Gasteiger partial charge in [0.25, 0.3) is 0 Å². The third kappa shape index (κ3) is 1.82. The van der Waals surface area contributed by atoms with E-state index in [1.807, 2.05) is 0 Å². The first kappa shape index (κ1) is 8.30. The van der Waals surface area contributed by atoms with Gasteiger partial charge in [0.1, 0.15) is 12.0 Å². The van der Waals surface area contributed by atoms with Gasteiger partial charge in [0.2, 0.25) is 5.91 Å². The SMILES string of the molecule is NC1C=CC=CN1C(=O)CCl. The summed E-state index contributed by atoms with van der Waals surface area (Å²) in [5, 5.41) is 0. The number of carbonyl (C=O) groups is 1. The summed E-state index contributed by atoms with van der Waals surface area (Å²) in [6.07, 6.45) is 6.52. The Hall–Kier alpha value is -0.800. The number of nitrogens with two attached hydrogens (primary N) is 1. The molecule has 1 aliphatic heterocycles. The Balaban J connectivity index is 2.65. The molecule has 1 amide bonds. The van der Waals surface area contributed by atoms with E-state index in [2.05, 4.69) is 0 Å². The molecule has 60 valence electrons. The van der Waals surface area contributed by atoms with E-state index in [0.717, 1.165) is 0 Å². The van der Waals surface area contributed by atoms with Crippen LogP contribution < -0.4 is 5.73 Å². The number of allylic oxidation sites excluding steroid dienone is 2. The fraction of sp³-hybridized carbons (Fsp3) is 0.286. The van der Waals surface area contributed by atoms with E-state index in [0.29, 0.717) is 0 Å². The number of hydrogen-bond donors (Lipinski definition) is 1. The average Bonchev–Trinajstić information content (AvgIpc) is 2.04. The van der Waals surface area contributed by atoms with Gasteiger partial charge < -0.3 is 5.73 Å². The molecule has 0 radical (unpaired) electrons. The van der Waals surface area contributed by atoms with Crippen molar-refractivity contribution in [3.63, 3.8) is 0 Å². The van der Waals surface area contributed by atoms with Crippen molar-refractivity contribution >= 4 is 17.5 Å². The Labute approximate surface area is 70.1 Å². The summed E-state index contributed by atoms with van der Waals surface area (Å²) in [5.41, 5.74) is 5.56. The molecule has 1 aliphatic rings. The first-order chi connectivity index (χ1) is 5.25. The van der Waals surface area contributed by atoms with Crippen LogP contribution in [0.5, 0.6) is 0 Å². The van der Waals surface area contributed by atoms with Gasteiger partial charge in [0.05, 0.1) is 0 Å². The molecule has 0 aromatic rings. The van der Waals surface area contributed by atoms with Crippen molar-refractivity contribution in [3.8, 4) is 0 Å². The molecule has 0 spiro atoms. The standard InChI is InChI=1S/C7H9ClN2O/c8-5-7(11)10-4-2-1-3-6(10)9/h1-4,6H,5,9H2. The van der Waals surface area contributed by atoms with Crippen LogP contribution in [-0.2, 0) is 4.79 Å². The van der Waals surface area contributed by atoms with Crippen molar-refractivity contribution in [2.75, 3.05) is 5.88 Å². The highest BCUT2D eigenvalue weighted by molar-refractivity contribution is 6.27. The Morgan fingerprint density at radius 3 is 2.91 bits per heavy atom. The third-order valence-electron chi connectivity index (χ3n) is 1.39. The minimum atomic E-state index is -0.369. The number of alkyl halides is 1. The largest absolute Gasteiger partial charge is 0.308 e. The molecule has 0 bridgehead atoms. The number of hydrogen-bond acceptors (Lipinski definition) is 2. The lowest BCUT2D eigenvalue weighted by Gasteiger charge is -2.23. The second-order valence-electron chi connectivity index (χ2n) is 2.15. The summed E-state index contributed by atoms with van der Waals surface area (Å²) in [5.74, 6) is -0.217. The molecule has 0 saturated heterocycles. The van der Waals surface area contributed by atoms with Gasteiger partial charge in [-0.25, -0.2) is 0 Å². The topological polar surface area (TPSA) is 46.3 Å². The molecule has 2 N–H and O–H groups in total. The van der Waals surface area contributed by atoms with Crippen molar-refractivity contribution in [1.82, 2.24) is 4.90 Å². The van der Waals surface area contributed by atoms with E-state index in [4.69, 9.17) is 17.3 Å². The van der Waals surface area contributed by atoms with E-state index in [9.17, 15) is 4.79 Å². The molecule has 1 atom stereocenters. The summed E-state index contributed by atoms with van der Waals surface area (Å²) in [4.78, 5) is 12.4. The maximum Gasteiger partial charge on any atom is 0.242 e. The van der Waals surface area contributed by atoms with E-state index >= 15 is 0 Å². The second-order valence-corrected chi connectivity index (χ2v) is 2.42. The molecule has 0 aliphatic carbocycles. The lowest BCUT2D eigenvalue weighted by atomic mass is 10.3. The highest BCUT2D eigenvalue weighted by Crippen LogP contribution is 2.04. The van der Waals surface area contributed by atoms with Gasteiger partial charge in [-0.2, -0.15) is 0 Å². The number of halogens is 1. The minimum Gasteiger partial charge on any atom is -0.308 e. The van der Waals surface area contributed by atoms with Crippen LogP contribution in [0.15, 0.2) is 24.4 Å². The number of rotatable bonds is 1. The molecular weight excluding hydrogens is 164 g/mol. The fourth-order valence-electron chi connectivity index (χ4n) is 0.831. The highest BCUT2D eigenvalue weighted by Gasteiger charge is 2.15. The molecule has 0 aromatic heterocycles. The Morgan fingerprint density at radius 2 is 2.36 bits per heavy atom. The smallest absolute Gasteiger partial charge is 0.242 e. The molecule has 4 heteroatoms. The molecule has 1 rings (SSSR count). The van der Waals surface area contributed by atoms with Crippen molar-refractivity contribution in [1.29, 1.82) is 0 Å². The summed E-state index contributed by atoms with van der Waals surface area (Å²) in [7, 11) is 0. The molecule has 1 heterocycles. The highest BCUT2D eigenvalue weighted by atomic mass is 35.5. The van der Waals surface area contributed by atoms with E-state index in [1.54, 1.807) is 24.4 Å². The molecule has 0 aromatic carbocycles. The number of nitrogens with zero attached hydrogens (tertiary/aromatic N) is 1. The maximum absolute atomic E-state index is 11.0. The van der Waals surface area contributed by atoms with Crippen LogP contribution in [0.4, 0.5) is 0 Å². The van der Waals surface area contributed by atoms with Gasteiger partial charge >= 0.3 is 0 Å². The van der Waals surface area contributed by atoms with Crippen molar-refractivity contribution in [3.05, 3.63) is 24.4 Å². The molecule has 3 nitrogen and oxygen atoms in total. The van der Waals surface area contributed by atoms with Crippen molar-refractivity contribution < 1.29 is 4.79 Å². The minimum absolute atomic E-state index is 0.0358. The Morgan fingerprint density at radius 1 is 1.64 bits per heavy atom. The van der Waals surface area contributed by atoms with Gasteiger partial charge in [0.15, 0.2) is 0 Å². The Kier molecular flexibility index (Phi) is 2.68. The van der Waals surface area contributed by atoms with Crippen LogP contribution in [-0.4, -0.2) is 22.9 Å². The van der Waals surface area contributed by atoms with Crippen LogP contribution in [0.3, 0.4) is 0 Å². The maximum atomic E-state index is 11.0. The average molecular weight is 173 g/mol. The molecule has 11 heavy (non-hydrogen) atoms. The summed E-state index contributed by atoms with van der Waals surface area (Å²) in [6.45, 7) is 0. The van der Waals surface area contributed by atoms with Gasteiger partial charge in [-0.05, 0) is 12.2 Å². The number of amides is 1. The van der Waals surface area contributed by atoms with Gasteiger partial charge in [0, 0.05) is 6.20 Å². The lowest BCUT2D eigenvalue weighted by Crippen LogP contribution is -2.42. The first-order valence-corrected chi connectivity index (χ1v) is 3.77. The van der Waals surface area contributed by atoms with Crippen LogP contribution in [0, 0.1) is 0 Å². The predicted molar refractivity (Wildman–Crippen MR) is 43.8 cm³/mol. The zero-order valence-electron chi connectivity index (χ0n) is 5.90. The second kappa shape index (κ2) is 3.55. The van der Waals surface area contributed by atoms with Crippen LogP contribution in [0.25, 0.3) is 0 Å². The summed E-state index contributed by atoms with van der Waals surface area (Å²) >= 11 is 5.35. The van der Waals surface area contributed by atoms with Gasteiger partial charge in [-0.1, -0.05) is 6.08 Å². The summed E-state index contributed by atoms with van der Waals surface area (Å²) in [6, 6.07) is 0. The van der Waals surface area contributed by atoms with E-state index < -0.39 is 0 Å². The normalized spacial score (nSPS) is 22.4. The fourth-order valence-corrected chi connectivity index (χ4v) is 0.969. The molecule has 0 fully saturated rings. The van der Waals surface area contributed by atoms with E-state index in [-0.39, 0.29) is 18.0 Å². The molecule has 1 unspecified atom stereocenters. The predicted octanol–water partition coefficient (Wildman–Crippen LogP) is 0.422. The molecular formula is C7H9ClN2O. The van der Waals surface area contributed by atoms with Crippen LogP contribution in [0.2, 0.25) is 0 Å². The van der Waals surface area contributed by atoms with Crippen LogP contribution >= 0.6 is 11.6 Å². The van der Waals surface area contributed by atoms with Gasteiger partial charge in [-0.15, -0.1) is 11.6 Å². The lowest BCUT2D eigenvalue weighted by molar-refractivity contribution is -0.127. The van der Waals surface area contributed by atoms with E-state index in [1.165, 1.54) is 4.90 Å². The van der Waals surface area contributed by atoms with Gasteiger partial charge in [-0.3, -0.25) is 9.69 Å². The van der Waals surface area contributed by atoms with Crippen molar-refractivity contribution in [2.45, 2.75) is 6.17 Å². The summed E-state index contributed by atoms with van der Waals surface area (Å²) < 4.78 is 0. The first-order valence-electron chi connectivity index (χ1n) is 3.23. The number of carbonyl (C=O) groups excluding carboxylic acids is 1. The van der Waals surface area contributed by atoms with Crippen LogP contribution in [0.1, 0.15) is 0 Å². The molecule has 0 saturated carbocycles. The van der Waals surface area contributed by atoms with Crippen molar-refractivity contribution in [2.24, 2.45) is 5.73 Å². The third-order valence-corrected chi connectivity index (χ3v) is 1.62. The zero-order valence-corrected chi connectivity index (χ0v) is 6.66. The quantitative estimate of drug-likeness (QED) is 0.583. The Bertz CT molecular complexity index is 212.